The molecule has 0 atom stereocenters. The van der Waals surface area contributed by atoms with Crippen molar-refractivity contribution in [3.8, 4) is 0 Å². The van der Waals surface area contributed by atoms with Gasteiger partial charge in [0.25, 0.3) is 0 Å². The van der Waals surface area contributed by atoms with Gasteiger partial charge in [-0.1, -0.05) is 34.1 Å². The van der Waals surface area contributed by atoms with Crippen LogP contribution in [0, 0.1) is 0 Å². The molecule has 1 heterocycles. The second kappa shape index (κ2) is 4.62. The maximum atomic E-state index is 5.48. The minimum Gasteiger partial charge on any atom is -0.308 e. The Hall–Kier alpha value is -1.09. The van der Waals surface area contributed by atoms with Crippen molar-refractivity contribution in [2.24, 2.45) is 5.84 Å². The molecule has 3 heteroatoms. The van der Waals surface area contributed by atoms with Gasteiger partial charge in [-0.05, 0) is 29.0 Å². The van der Waals surface area contributed by atoms with E-state index in [2.05, 4.69) is 44.2 Å². The highest BCUT2D eigenvalue weighted by atomic mass is 15.2. The Bertz CT molecular complexity index is 326. The lowest BCUT2D eigenvalue weighted by Crippen LogP contribution is -2.18. The maximum Gasteiger partial charge on any atom is 0.143 e. The fraction of sp³-hybridized carbons (Fsp3) is 0.583. The van der Waals surface area contributed by atoms with E-state index >= 15 is 0 Å². The molecule has 0 amide bonds. The van der Waals surface area contributed by atoms with Crippen molar-refractivity contribution in [2.75, 3.05) is 5.43 Å². The number of nitrogen functional groups attached to an aromatic ring is 1. The molecule has 84 valence electrons. The average Bonchev–Trinajstić information content (AvgIpc) is 2.17. The van der Waals surface area contributed by atoms with Crippen molar-refractivity contribution in [3.05, 3.63) is 23.4 Å². The zero-order valence-corrected chi connectivity index (χ0v) is 10.1. The van der Waals surface area contributed by atoms with Crippen LogP contribution in [0.5, 0.6) is 0 Å². The number of aromatic nitrogens is 1. The summed E-state index contributed by atoms with van der Waals surface area (Å²) in [5.74, 6) is 6.29. The molecule has 0 aliphatic carbocycles. The lowest BCUT2D eigenvalue weighted by Gasteiger charge is -2.24. The van der Waals surface area contributed by atoms with Gasteiger partial charge >= 0.3 is 0 Å². The predicted molar refractivity (Wildman–Crippen MR) is 64.7 cm³/mol. The second-order valence-corrected chi connectivity index (χ2v) is 4.83. The first kappa shape index (κ1) is 12.0. The second-order valence-electron chi connectivity index (χ2n) is 4.83. The summed E-state index contributed by atoms with van der Waals surface area (Å²) in [5, 5.41) is 0. The van der Waals surface area contributed by atoms with Crippen LogP contribution in [0.15, 0.2) is 12.3 Å². The molecule has 1 aromatic heterocycles. The molecule has 0 saturated carbocycles. The summed E-state index contributed by atoms with van der Waals surface area (Å²) < 4.78 is 0. The predicted octanol–water partition coefficient (Wildman–Crippen LogP) is 2.62. The van der Waals surface area contributed by atoms with Crippen molar-refractivity contribution in [3.63, 3.8) is 0 Å². The molecule has 1 aromatic rings. The molecule has 0 radical (unpaired) electrons. The van der Waals surface area contributed by atoms with E-state index in [9.17, 15) is 0 Å². The highest BCUT2D eigenvalue weighted by molar-refractivity contribution is 5.49. The number of rotatable bonds is 3. The van der Waals surface area contributed by atoms with Crippen LogP contribution in [0.25, 0.3) is 0 Å². The summed E-state index contributed by atoms with van der Waals surface area (Å²) in [5.41, 5.74) is 5.39. The molecule has 0 spiro atoms. The number of nitrogens with zero attached hydrogens (tertiary/aromatic N) is 1. The third-order valence-corrected chi connectivity index (χ3v) is 2.50. The first-order chi connectivity index (χ1) is 7.00. The summed E-state index contributed by atoms with van der Waals surface area (Å²) in [4.78, 5) is 4.25. The number of hydrogen-bond donors (Lipinski definition) is 2. The van der Waals surface area contributed by atoms with Gasteiger partial charge in [-0.25, -0.2) is 10.8 Å². The van der Waals surface area contributed by atoms with E-state index in [-0.39, 0.29) is 5.41 Å². The van der Waals surface area contributed by atoms with Gasteiger partial charge in [0, 0.05) is 6.20 Å². The minimum atomic E-state index is 0.138. The Morgan fingerprint density at radius 1 is 1.40 bits per heavy atom. The Morgan fingerprint density at radius 2 is 2.07 bits per heavy atom. The van der Waals surface area contributed by atoms with E-state index in [1.165, 1.54) is 11.1 Å². The molecule has 1 rings (SSSR count). The van der Waals surface area contributed by atoms with Gasteiger partial charge in [0.2, 0.25) is 0 Å². The maximum absolute atomic E-state index is 5.48. The van der Waals surface area contributed by atoms with Crippen LogP contribution in [-0.4, -0.2) is 4.98 Å². The largest absolute Gasteiger partial charge is 0.308 e. The normalized spacial score (nSPS) is 11.5. The van der Waals surface area contributed by atoms with E-state index < -0.39 is 0 Å². The van der Waals surface area contributed by atoms with Crippen molar-refractivity contribution < 1.29 is 0 Å². The number of nitrogens with one attached hydrogen (secondary N) is 1. The smallest absolute Gasteiger partial charge is 0.143 e. The Balaban J connectivity index is 3.25. The molecular weight excluding hydrogens is 186 g/mol. The molecule has 0 aliphatic rings. The van der Waals surface area contributed by atoms with Crippen LogP contribution in [-0.2, 0) is 11.8 Å². The highest BCUT2D eigenvalue weighted by Gasteiger charge is 2.19. The quantitative estimate of drug-likeness (QED) is 0.591. The molecule has 0 unspecified atom stereocenters. The number of anilines is 1. The van der Waals surface area contributed by atoms with Crippen molar-refractivity contribution in [2.45, 2.75) is 46.0 Å². The van der Waals surface area contributed by atoms with Gasteiger partial charge in [-0.15, -0.1) is 0 Å². The zero-order valence-electron chi connectivity index (χ0n) is 10.1. The summed E-state index contributed by atoms with van der Waals surface area (Å²) >= 11 is 0. The molecule has 3 N–H and O–H groups in total. The first-order valence-electron chi connectivity index (χ1n) is 5.45. The molecule has 3 nitrogen and oxygen atoms in total. The van der Waals surface area contributed by atoms with Gasteiger partial charge in [0.15, 0.2) is 0 Å². The Kier molecular flexibility index (Phi) is 3.69. The highest BCUT2D eigenvalue weighted by Crippen LogP contribution is 2.29. The average molecular weight is 207 g/mol. The van der Waals surface area contributed by atoms with Crippen LogP contribution < -0.4 is 11.3 Å². The fourth-order valence-corrected chi connectivity index (χ4v) is 1.82. The van der Waals surface area contributed by atoms with Crippen LogP contribution in [0.1, 0.15) is 45.2 Å². The van der Waals surface area contributed by atoms with Crippen LogP contribution in [0.4, 0.5) is 5.82 Å². The fourth-order valence-electron chi connectivity index (χ4n) is 1.82. The lowest BCUT2D eigenvalue weighted by atomic mass is 9.83. The minimum absolute atomic E-state index is 0.138. The molecule has 0 aliphatic heterocycles. The third-order valence-electron chi connectivity index (χ3n) is 2.50. The van der Waals surface area contributed by atoms with Crippen molar-refractivity contribution in [1.82, 2.24) is 4.98 Å². The van der Waals surface area contributed by atoms with Gasteiger partial charge in [-0.2, -0.15) is 0 Å². The number of hydrazine groups is 1. The molecule has 15 heavy (non-hydrogen) atoms. The Labute approximate surface area is 92.1 Å². The van der Waals surface area contributed by atoms with E-state index in [1.807, 2.05) is 6.20 Å². The standard InChI is InChI=1S/C12H21N3/c1-5-6-9-10(12(2,3)4)7-8-14-11(9)15-13/h7-8H,5-6,13H2,1-4H3,(H,14,15). The third kappa shape index (κ3) is 2.69. The van der Waals surface area contributed by atoms with E-state index in [1.54, 1.807) is 0 Å². The van der Waals surface area contributed by atoms with Crippen LogP contribution in [0.2, 0.25) is 0 Å². The van der Waals surface area contributed by atoms with Gasteiger partial charge < -0.3 is 5.43 Å². The van der Waals surface area contributed by atoms with Gasteiger partial charge in [0.1, 0.15) is 5.82 Å². The summed E-state index contributed by atoms with van der Waals surface area (Å²) in [6.45, 7) is 8.80. The summed E-state index contributed by atoms with van der Waals surface area (Å²) in [6, 6.07) is 2.09. The molecular formula is C12H21N3. The monoisotopic (exact) mass is 207 g/mol. The van der Waals surface area contributed by atoms with E-state index in [0.717, 1.165) is 18.7 Å². The van der Waals surface area contributed by atoms with E-state index in [0.29, 0.717) is 0 Å². The molecule has 0 aromatic carbocycles. The Morgan fingerprint density at radius 3 is 2.53 bits per heavy atom. The number of hydrogen-bond acceptors (Lipinski definition) is 3. The topological polar surface area (TPSA) is 50.9 Å². The lowest BCUT2D eigenvalue weighted by molar-refractivity contribution is 0.580. The molecule has 0 fully saturated rings. The molecule has 0 bridgehead atoms. The van der Waals surface area contributed by atoms with Gasteiger partial charge in [0.05, 0.1) is 0 Å². The van der Waals surface area contributed by atoms with Crippen LogP contribution >= 0.6 is 0 Å². The summed E-state index contributed by atoms with van der Waals surface area (Å²) in [6.07, 6.45) is 3.93. The van der Waals surface area contributed by atoms with Gasteiger partial charge in [-0.3, -0.25) is 0 Å². The van der Waals surface area contributed by atoms with Crippen molar-refractivity contribution in [1.29, 1.82) is 0 Å². The van der Waals surface area contributed by atoms with Crippen molar-refractivity contribution >= 4 is 5.82 Å². The first-order valence-corrected chi connectivity index (χ1v) is 5.45. The SMILES string of the molecule is CCCc1c(C(C)(C)C)ccnc1NN. The summed E-state index contributed by atoms with van der Waals surface area (Å²) in [7, 11) is 0. The number of nitrogens with two attached hydrogens (primary N) is 1. The number of pyridine rings is 1. The van der Waals surface area contributed by atoms with E-state index in [4.69, 9.17) is 5.84 Å². The van der Waals surface area contributed by atoms with Crippen LogP contribution in [0.3, 0.4) is 0 Å². The molecule has 0 saturated heterocycles. The zero-order chi connectivity index (χ0) is 11.5.